The van der Waals surface area contributed by atoms with E-state index in [1.807, 2.05) is 18.7 Å². The fourth-order valence-electron chi connectivity index (χ4n) is 7.01. The van der Waals surface area contributed by atoms with Crippen molar-refractivity contribution in [2.75, 3.05) is 20.2 Å². The highest BCUT2D eigenvalue weighted by atomic mass is 16.5. The second-order valence-electron chi connectivity index (χ2n) is 9.74. The van der Waals surface area contributed by atoms with Crippen molar-refractivity contribution < 1.29 is 29.0 Å². The zero-order valence-corrected chi connectivity index (χ0v) is 17.3. The van der Waals surface area contributed by atoms with Gasteiger partial charge in [-0.2, -0.15) is 0 Å². The number of esters is 1. The largest absolute Gasteiger partial charge is 0.469 e. The first-order chi connectivity index (χ1) is 14.2. The summed E-state index contributed by atoms with van der Waals surface area (Å²) in [5.41, 5.74) is -1.59. The van der Waals surface area contributed by atoms with Crippen LogP contribution < -0.4 is 0 Å². The summed E-state index contributed by atoms with van der Waals surface area (Å²) >= 11 is 0. The van der Waals surface area contributed by atoms with Crippen molar-refractivity contribution in [3.05, 3.63) is 34.8 Å². The first kappa shape index (κ1) is 18.5. The van der Waals surface area contributed by atoms with Crippen molar-refractivity contribution in [3.8, 4) is 11.1 Å². The fraction of sp³-hybridized carbons (Fsp3) is 0.565. The van der Waals surface area contributed by atoms with Crippen LogP contribution in [0.5, 0.6) is 0 Å². The monoisotopic (exact) mass is 411 g/mol. The highest BCUT2D eigenvalue weighted by Gasteiger charge is 2.72. The number of rotatable bonds is 1. The molecule has 0 radical (unpaired) electrons. The van der Waals surface area contributed by atoms with Crippen LogP contribution in [0, 0.1) is 11.8 Å². The molecule has 0 aromatic heterocycles. The quantitative estimate of drug-likeness (QED) is 0.692. The second-order valence-corrected chi connectivity index (χ2v) is 9.74. The zero-order valence-electron chi connectivity index (χ0n) is 17.3. The summed E-state index contributed by atoms with van der Waals surface area (Å²) in [4.78, 5) is 29.0. The molecule has 2 fully saturated rings. The first-order valence-electron chi connectivity index (χ1n) is 10.6. The lowest BCUT2D eigenvalue weighted by Crippen LogP contribution is -2.66. The van der Waals surface area contributed by atoms with Crippen LogP contribution in [-0.2, 0) is 16.6 Å². The van der Waals surface area contributed by atoms with Gasteiger partial charge < -0.3 is 19.4 Å². The van der Waals surface area contributed by atoms with Gasteiger partial charge in [0.2, 0.25) is 0 Å². The number of nitrogens with zero attached hydrogens (tertiary/aromatic N) is 1. The number of aryl methyl sites for hydroxylation is 1. The van der Waals surface area contributed by atoms with Gasteiger partial charge in [-0.1, -0.05) is 13.8 Å². The normalized spacial score (nSPS) is 39.3. The molecule has 2 N–H and O–H groups in total. The summed E-state index contributed by atoms with van der Waals surface area (Å²) in [5, 5.41) is 23.8. The molecule has 6 rings (SSSR count). The second kappa shape index (κ2) is 5.33. The topological polar surface area (TPSA) is 100 Å². The van der Waals surface area contributed by atoms with Gasteiger partial charge in [0.05, 0.1) is 18.9 Å². The average Bonchev–Trinajstić information content (AvgIpc) is 3.10. The predicted octanol–water partition coefficient (Wildman–Crippen LogP) is 1.96. The minimum Gasteiger partial charge on any atom is -0.469 e. The SMILES string of the molecule is COC(=O)c1c2ccoc3c-2c2c1C(=O)[C@]1(O)C[C@@]4(O)N(C[C@@H](CC3)[C@@]24C)C[C@H]1C. The molecule has 0 amide bonds. The van der Waals surface area contributed by atoms with Crippen LogP contribution in [0.15, 0.2) is 16.7 Å². The Labute approximate surface area is 173 Å². The molecule has 0 aromatic carbocycles. The van der Waals surface area contributed by atoms with Crippen molar-refractivity contribution in [2.45, 2.75) is 49.9 Å². The van der Waals surface area contributed by atoms with Gasteiger partial charge in [0.25, 0.3) is 0 Å². The molecule has 0 unspecified atom stereocenters. The summed E-state index contributed by atoms with van der Waals surface area (Å²) in [5.74, 6) is -0.707. The summed E-state index contributed by atoms with van der Waals surface area (Å²) in [6.45, 7) is 4.94. The van der Waals surface area contributed by atoms with Crippen molar-refractivity contribution in [1.29, 1.82) is 0 Å². The number of hydrogen-bond donors (Lipinski definition) is 2. The molecule has 3 heterocycles. The standard InChI is InChI=1S/C23H25NO6/c1-11-8-24-9-12-4-5-14-15-13(6-7-30-14)16(20(26)29-3)17-18(15)21(12,2)23(24,28)10-22(11,27)19(17)25/h6-7,11-12,27-28H,4-5,8-10H2,1-3H3/t11-,12-,21+,22+,23+/m1/s1. The van der Waals surface area contributed by atoms with E-state index < -0.39 is 28.5 Å². The van der Waals surface area contributed by atoms with Gasteiger partial charge in [-0.05, 0) is 24.0 Å². The van der Waals surface area contributed by atoms with Crippen molar-refractivity contribution in [1.82, 2.24) is 4.90 Å². The molecule has 2 bridgehead atoms. The third kappa shape index (κ3) is 1.73. The Hall–Kier alpha value is -2.22. The number of carbonyl (C=O) groups is 2. The van der Waals surface area contributed by atoms with E-state index in [1.165, 1.54) is 13.4 Å². The molecular weight excluding hydrogens is 386 g/mol. The van der Waals surface area contributed by atoms with E-state index in [0.717, 1.165) is 12.0 Å². The van der Waals surface area contributed by atoms with E-state index in [2.05, 4.69) is 0 Å². The maximum atomic E-state index is 14.0. The maximum Gasteiger partial charge on any atom is 0.339 e. The van der Waals surface area contributed by atoms with Crippen LogP contribution in [0.1, 0.15) is 58.7 Å². The zero-order chi connectivity index (χ0) is 21.2. The number of hydrogen-bond acceptors (Lipinski definition) is 7. The molecular formula is C23H25NO6. The summed E-state index contributed by atoms with van der Waals surface area (Å²) in [6, 6.07) is 1.69. The van der Waals surface area contributed by atoms with Gasteiger partial charge in [-0.3, -0.25) is 9.69 Å². The molecule has 6 aliphatic rings. The van der Waals surface area contributed by atoms with E-state index in [0.29, 0.717) is 36.4 Å². The number of methoxy groups -OCH3 is 1. The Balaban J connectivity index is 1.84. The van der Waals surface area contributed by atoms with Crippen LogP contribution in [0.4, 0.5) is 0 Å². The number of ketones is 1. The maximum absolute atomic E-state index is 14.0. The summed E-state index contributed by atoms with van der Waals surface area (Å²) in [7, 11) is 1.29. The van der Waals surface area contributed by atoms with E-state index in [4.69, 9.17) is 9.15 Å². The number of carbonyl (C=O) groups excluding carboxylic acids is 2. The number of ether oxygens (including phenoxy) is 1. The number of aliphatic hydroxyl groups is 2. The van der Waals surface area contributed by atoms with E-state index in [9.17, 15) is 19.8 Å². The molecule has 3 aliphatic carbocycles. The Bertz CT molecular complexity index is 1110. The molecule has 7 heteroatoms. The minimum absolute atomic E-state index is 0.0559. The molecule has 0 spiro atoms. The Morgan fingerprint density at radius 1 is 1.30 bits per heavy atom. The lowest BCUT2D eigenvalue weighted by Gasteiger charge is -2.52. The molecule has 30 heavy (non-hydrogen) atoms. The summed E-state index contributed by atoms with van der Waals surface area (Å²) < 4.78 is 10.9. The van der Waals surface area contributed by atoms with E-state index in [-0.39, 0.29) is 29.4 Å². The molecule has 0 aromatic rings. The lowest BCUT2D eigenvalue weighted by atomic mass is 9.64. The highest BCUT2D eigenvalue weighted by molar-refractivity contribution is 6.18. The number of fused-ring (bicyclic) bond motifs is 1. The molecule has 158 valence electrons. The molecule has 5 atom stereocenters. The van der Waals surface area contributed by atoms with Gasteiger partial charge >= 0.3 is 5.97 Å². The highest BCUT2D eigenvalue weighted by Crippen LogP contribution is 2.64. The van der Waals surface area contributed by atoms with Crippen molar-refractivity contribution >= 4 is 11.8 Å². The fourth-order valence-corrected chi connectivity index (χ4v) is 7.01. The Morgan fingerprint density at radius 2 is 2.07 bits per heavy atom. The number of Topliss-reactive ketones (excluding diaryl/α,β-unsaturated/α-hetero) is 1. The van der Waals surface area contributed by atoms with Crippen LogP contribution in [-0.4, -0.2) is 58.4 Å². The average molecular weight is 411 g/mol. The molecule has 2 saturated heterocycles. The van der Waals surface area contributed by atoms with Gasteiger partial charge in [0.1, 0.15) is 17.1 Å². The molecule has 7 nitrogen and oxygen atoms in total. The predicted molar refractivity (Wildman–Crippen MR) is 105 cm³/mol. The number of piperidine rings is 1. The Kier molecular flexibility index (Phi) is 3.29. The lowest BCUT2D eigenvalue weighted by molar-refractivity contribution is -0.199. The summed E-state index contributed by atoms with van der Waals surface area (Å²) in [6.07, 6.45) is 2.92. The first-order valence-corrected chi connectivity index (χ1v) is 10.6. The van der Waals surface area contributed by atoms with Crippen molar-refractivity contribution in [2.24, 2.45) is 11.8 Å². The Morgan fingerprint density at radius 3 is 2.80 bits per heavy atom. The van der Waals surface area contributed by atoms with E-state index >= 15 is 0 Å². The molecule has 0 saturated carbocycles. The molecule has 3 aliphatic heterocycles. The third-order valence-corrected chi connectivity index (χ3v) is 8.70. The van der Waals surface area contributed by atoms with Gasteiger partial charge in [0, 0.05) is 54.0 Å². The minimum atomic E-state index is -1.75. The third-order valence-electron chi connectivity index (χ3n) is 8.70. The van der Waals surface area contributed by atoms with Crippen LogP contribution in [0.3, 0.4) is 0 Å². The van der Waals surface area contributed by atoms with Crippen LogP contribution in [0.25, 0.3) is 11.1 Å². The van der Waals surface area contributed by atoms with Crippen molar-refractivity contribution in [3.63, 3.8) is 0 Å². The van der Waals surface area contributed by atoms with Gasteiger partial charge in [-0.15, -0.1) is 0 Å². The van der Waals surface area contributed by atoms with Gasteiger partial charge in [-0.25, -0.2) is 4.79 Å². The van der Waals surface area contributed by atoms with Crippen LogP contribution in [0.2, 0.25) is 0 Å². The smallest absolute Gasteiger partial charge is 0.339 e. The van der Waals surface area contributed by atoms with Crippen LogP contribution >= 0.6 is 0 Å². The van der Waals surface area contributed by atoms with E-state index in [1.54, 1.807) is 6.07 Å². The van der Waals surface area contributed by atoms with Gasteiger partial charge in [0.15, 0.2) is 5.78 Å².